The maximum absolute atomic E-state index is 12.3. The summed E-state index contributed by atoms with van der Waals surface area (Å²) in [5.41, 5.74) is 6.07. The van der Waals surface area contributed by atoms with E-state index in [0.717, 1.165) is 12.8 Å². The molecule has 0 bridgehead atoms. The Morgan fingerprint density at radius 1 is 1.43 bits per heavy atom. The zero-order chi connectivity index (χ0) is 21.8. The van der Waals surface area contributed by atoms with Gasteiger partial charge < -0.3 is 20.7 Å². The van der Waals surface area contributed by atoms with Gasteiger partial charge in [-0.15, -0.1) is 0 Å². The summed E-state index contributed by atoms with van der Waals surface area (Å²) < 4.78 is 30.3. The van der Waals surface area contributed by atoms with Crippen LogP contribution < -0.4 is 15.8 Å². The van der Waals surface area contributed by atoms with E-state index < -0.39 is 12.5 Å². The number of carbonyl (C=O) groups is 1. The highest BCUT2D eigenvalue weighted by Gasteiger charge is 2.34. The van der Waals surface area contributed by atoms with Gasteiger partial charge in [0.05, 0.1) is 29.9 Å². The Bertz CT molecular complexity index is 924. The molecule has 1 fully saturated rings. The van der Waals surface area contributed by atoms with Crippen molar-refractivity contribution in [1.29, 1.82) is 5.26 Å². The number of pyridine rings is 1. The van der Waals surface area contributed by atoms with Crippen molar-refractivity contribution in [3.05, 3.63) is 30.1 Å². The van der Waals surface area contributed by atoms with E-state index in [1.54, 1.807) is 4.68 Å². The molecule has 1 aliphatic carbocycles. The molecule has 3 atom stereocenters. The molecule has 2 heterocycles. The summed E-state index contributed by atoms with van der Waals surface area (Å²) in [7, 11) is 3.98. The fraction of sp³-hybridized carbons (Fsp3) is 0.474. The first-order chi connectivity index (χ1) is 14.3. The molecule has 1 amide bonds. The van der Waals surface area contributed by atoms with Crippen molar-refractivity contribution in [2.24, 2.45) is 11.7 Å². The van der Waals surface area contributed by atoms with Crippen LogP contribution in [0.15, 0.2) is 24.5 Å². The number of nitriles is 1. The number of primary amides is 1. The van der Waals surface area contributed by atoms with Crippen LogP contribution in [0.3, 0.4) is 0 Å². The average molecular weight is 419 g/mol. The predicted octanol–water partition coefficient (Wildman–Crippen LogP) is 2.52. The molecule has 160 valence electrons. The van der Waals surface area contributed by atoms with Gasteiger partial charge >= 0.3 is 6.61 Å². The first kappa shape index (κ1) is 21.4. The first-order valence-electron chi connectivity index (χ1n) is 9.41. The summed E-state index contributed by atoms with van der Waals surface area (Å²) in [5.74, 6) is -0.958. The van der Waals surface area contributed by atoms with Gasteiger partial charge in [-0.2, -0.15) is 19.1 Å². The Kier molecular flexibility index (Phi) is 6.47. The maximum Gasteiger partial charge on any atom is 0.388 e. The van der Waals surface area contributed by atoms with Crippen LogP contribution in [-0.2, 0) is 0 Å². The maximum atomic E-state index is 12.3. The standard InChI is InChI=1S/C19H23F2N7O2/c1-27(2)13-4-5-15(11(7-13)8-22)28-10-14(17(23)29)18(26-28)25-12-3-6-16(24-9-12)30-19(20)21/h3,6,9-11,13,15,19H,4-5,7H2,1-2H3,(H2,23,29)(H,25,26). The number of nitrogens with two attached hydrogens (primary N) is 1. The van der Waals surface area contributed by atoms with Crippen LogP contribution in [0.4, 0.5) is 20.3 Å². The molecule has 0 aliphatic heterocycles. The third-order valence-electron chi connectivity index (χ3n) is 5.23. The van der Waals surface area contributed by atoms with Crippen molar-refractivity contribution >= 4 is 17.4 Å². The number of anilines is 2. The summed E-state index contributed by atoms with van der Waals surface area (Å²) >= 11 is 0. The van der Waals surface area contributed by atoms with E-state index >= 15 is 0 Å². The van der Waals surface area contributed by atoms with Crippen LogP contribution in [0.25, 0.3) is 0 Å². The minimum atomic E-state index is -2.97. The number of hydrogen-bond acceptors (Lipinski definition) is 7. The van der Waals surface area contributed by atoms with Gasteiger partial charge in [0.2, 0.25) is 5.88 Å². The topological polar surface area (TPSA) is 122 Å². The molecule has 1 aliphatic rings. The molecule has 3 unspecified atom stereocenters. The molecule has 11 heteroatoms. The number of nitrogens with zero attached hydrogens (tertiary/aromatic N) is 5. The lowest BCUT2D eigenvalue weighted by molar-refractivity contribution is -0.0528. The summed E-state index contributed by atoms with van der Waals surface area (Å²) in [6, 6.07) is 5.23. The Morgan fingerprint density at radius 3 is 2.77 bits per heavy atom. The number of rotatable bonds is 7. The fourth-order valence-corrected chi connectivity index (χ4v) is 3.64. The molecule has 2 aromatic rings. The molecule has 1 saturated carbocycles. The Morgan fingerprint density at radius 2 is 2.20 bits per heavy atom. The smallest absolute Gasteiger partial charge is 0.388 e. The number of aromatic nitrogens is 3. The first-order valence-corrected chi connectivity index (χ1v) is 9.41. The number of hydrogen-bond donors (Lipinski definition) is 2. The van der Waals surface area contributed by atoms with E-state index in [2.05, 4.69) is 31.1 Å². The van der Waals surface area contributed by atoms with Gasteiger partial charge in [0.1, 0.15) is 5.56 Å². The Labute approximate surface area is 172 Å². The van der Waals surface area contributed by atoms with Gasteiger partial charge in [-0.05, 0) is 39.4 Å². The van der Waals surface area contributed by atoms with Crippen molar-refractivity contribution in [2.45, 2.75) is 38.0 Å². The molecular formula is C19H23F2N7O2. The van der Waals surface area contributed by atoms with Crippen molar-refractivity contribution in [2.75, 3.05) is 19.4 Å². The average Bonchev–Trinajstić information content (AvgIpc) is 3.12. The summed E-state index contributed by atoms with van der Waals surface area (Å²) in [5, 5.41) is 17.0. The van der Waals surface area contributed by atoms with E-state index in [-0.39, 0.29) is 29.2 Å². The molecule has 2 aromatic heterocycles. The highest BCUT2D eigenvalue weighted by atomic mass is 19.3. The third kappa shape index (κ3) is 4.83. The van der Waals surface area contributed by atoms with Gasteiger partial charge in [-0.3, -0.25) is 9.48 Å². The van der Waals surface area contributed by atoms with E-state index in [9.17, 15) is 18.8 Å². The quantitative estimate of drug-likeness (QED) is 0.707. The monoisotopic (exact) mass is 419 g/mol. The van der Waals surface area contributed by atoms with Crippen LogP contribution in [0, 0.1) is 17.2 Å². The molecule has 30 heavy (non-hydrogen) atoms. The summed E-state index contributed by atoms with van der Waals surface area (Å²) in [4.78, 5) is 17.8. The largest absolute Gasteiger partial charge is 0.417 e. The molecule has 9 nitrogen and oxygen atoms in total. The summed E-state index contributed by atoms with van der Waals surface area (Å²) in [6.45, 7) is -2.97. The molecular weight excluding hydrogens is 396 g/mol. The molecule has 0 radical (unpaired) electrons. The summed E-state index contributed by atoms with van der Waals surface area (Å²) in [6.07, 6.45) is 5.17. The molecule has 0 spiro atoms. The minimum absolute atomic E-state index is 0.161. The number of nitrogens with one attached hydrogen (secondary N) is 1. The molecule has 0 aromatic carbocycles. The lowest BCUT2D eigenvalue weighted by Crippen LogP contribution is -2.37. The van der Waals surface area contributed by atoms with Crippen molar-refractivity contribution < 1.29 is 18.3 Å². The van der Waals surface area contributed by atoms with Gasteiger partial charge in [0.25, 0.3) is 5.91 Å². The van der Waals surface area contributed by atoms with Crippen LogP contribution in [-0.4, -0.2) is 52.3 Å². The zero-order valence-corrected chi connectivity index (χ0v) is 16.6. The number of halogens is 2. The van der Waals surface area contributed by atoms with E-state index in [1.807, 2.05) is 14.1 Å². The van der Waals surface area contributed by atoms with Gasteiger partial charge in [0.15, 0.2) is 5.82 Å². The van der Waals surface area contributed by atoms with Crippen LogP contribution in [0.5, 0.6) is 5.88 Å². The normalized spacial score (nSPS) is 21.4. The highest BCUT2D eigenvalue weighted by Crippen LogP contribution is 2.36. The Hall–Kier alpha value is -3.26. The van der Waals surface area contributed by atoms with E-state index in [0.29, 0.717) is 18.2 Å². The lowest BCUT2D eigenvalue weighted by Gasteiger charge is -2.35. The van der Waals surface area contributed by atoms with Crippen LogP contribution >= 0.6 is 0 Å². The van der Waals surface area contributed by atoms with Gasteiger partial charge in [-0.1, -0.05) is 0 Å². The van der Waals surface area contributed by atoms with Crippen molar-refractivity contribution in [3.63, 3.8) is 0 Å². The number of ether oxygens (including phenoxy) is 1. The number of amides is 1. The fourth-order valence-electron chi connectivity index (χ4n) is 3.64. The predicted molar refractivity (Wildman–Crippen MR) is 104 cm³/mol. The van der Waals surface area contributed by atoms with Crippen LogP contribution in [0.1, 0.15) is 35.7 Å². The zero-order valence-electron chi connectivity index (χ0n) is 16.6. The lowest BCUT2D eigenvalue weighted by atomic mass is 9.82. The molecule has 3 N–H and O–H groups in total. The second-order valence-electron chi connectivity index (χ2n) is 7.36. The van der Waals surface area contributed by atoms with Crippen molar-refractivity contribution in [3.8, 4) is 11.9 Å². The highest BCUT2D eigenvalue weighted by molar-refractivity contribution is 5.98. The molecule has 3 rings (SSSR count). The van der Waals surface area contributed by atoms with E-state index in [4.69, 9.17) is 5.73 Å². The number of alkyl halides is 2. The van der Waals surface area contributed by atoms with Crippen molar-refractivity contribution in [1.82, 2.24) is 19.7 Å². The number of carbonyl (C=O) groups excluding carboxylic acids is 1. The van der Waals surface area contributed by atoms with Crippen LogP contribution in [0.2, 0.25) is 0 Å². The van der Waals surface area contributed by atoms with Gasteiger partial charge in [-0.25, -0.2) is 4.98 Å². The third-order valence-corrected chi connectivity index (χ3v) is 5.23. The second-order valence-corrected chi connectivity index (χ2v) is 7.36. The minimum Gasteiger partial charge on any atom is -0.417 e. The van der Waals surface area contributed by atoms with Gasteiger partial charge in [0, 0.05) is 18.3 Å². The SMILES string of the molecule is CN(C)C1CCC(n2cc(C(N)=O)c(Nc3ccc(OC(F)F)nc3)n2)C(C#N)C1. The second kappa shape index (κ2) is 9.04. The Balaban J connectivity index is 1.82. The van der Waals surface area contributed by atoms with E-state index in [1.165, 1.54) is 24.5 Å². The molecule has 0 saturated heterocycles.